The van der Waals surface area contributed by atoms with Crippen molar-refractivity contribution in [2.24, 2.45) is 0 Å². The van der Waals surface area contributed by atoms with Crippen molar-refractivity contribution in [3.63, 3.8) is 0 Å². The summed E-state index contributed by atoms with van der Waals surface area (Å²) in [6, 6.07) is 12.7. The van der Waals surface area contributed by atoms with Crippen LogP contribution in [-0.2, 0) is 9.47 Å². The molecule has 0 saturated carbocycles. The largest absolute Gasteiger partial charge is 0.497 e. The average molecular weight is 354 g/mol. The molecule has 0 bridgehead atoms. The molecule has 0 radical (unpaired) electrons. The van der Waals surface area contributed by atoms with Crippen molar-refractivity contribution in [2.45, 2.75) is 6.29 Å². The summed E-state index contributed by atoms with van der Waals surface area (Å²) in [5.41, 5.74) is 2.39. The first kappa shape index (κ1) is 16.6. The van der Waals surface area contributed by atoms with Crippen LogP contribution in [0.4, 0.5) is 0 Å². The Morgan fingerprint density at radius 3 is 2.35 bits per heavy atom. The molecule has 26 heavy (non-hydrogen) atoms. The fraction of sp³-hybridized carbons (Fsp3) is 0.250. The molecule has 6 heteroatoms. The minimum atomic E-state index is -0.455. The molecular formula is C20H18O6. The Hall–Kier alpha value is -2.83. The Bertz CT molecular complexity index is 984. The van der Waals surface area contributed by atoms with Crippen molar-refractivity contribution in [3.05, 3.63) is 58.4 Å². The average Bonchev–Trinajstić information content (AvgIpc) is 3.21. The molecule has 0 N–H and O–H groups in total. The minimum absolute atomic E-state index is 0.396. The molecule has 3 aromatic rings. The topological polar surface area (TPSA) is 67.1 Å². The third-order valence-corrected chi connectivity index (χ3v) is 4.35. The summed E-state index contributed by atoms with van der Waals surface area (Å²) >= 11 is 0. The van der Waals surface area contributed by atoms with Gasteiger partial charge in [0.1, 0.15) is 5.75 Å². The van der Waals surface area contributed by atoms with Crippen LogP contribution < -0.4 is 15.1 Å². The number of hydrogen-bond donors (Lipinski definition) is 0. The Labute approximate surface area is 149 Å². The summed E-state index contributed by atoms with van der Waals surface area (Å²) in [5.74, 6) is 1.20. The van der Waals surface area contributed by atoms with Crippen molar-refractivity contribution in [1.29, 1.82) is 0 Å². The van der Waals surface area contributed by atoms with Crippen molar-refractivity contribution in [1.82, 2.24) is 0 Å². The van der Waals surface area contributed by atoms with Gasteiger partial charge in [-0.15, -0.1) is 0 Å². The number of benzene rings is 2. The first-order valence-electron chi connectivity index (χ1n) is 8.23. The number of rotatable bonds is 4. The van der Waals surface area contributed by atoms with Gasteiger partial charge in [0.15, 0.2) is 17.6 Å². The maximum atomic E-state index is 12.1. The second-order valence-corrected chi connectivity index (χ2v) is 5.88. The molecule has 134 valence electrons. The van der Waals surface area contributed by atoms with Crippen LogP contribution in [0, 0.1) is 0 Å². The van der Waals surface area contributed by atoms with E-state index in [2.05, 4.69) is 0 Å². The molecule has 1 saturated heterocycles. The molecule has 0 unspecified atom stereocenters. The summed E-state index contributed by atoms with van der Waals surface area (Å²) in [6.07, 6.45) is -0.455. The normalized spacial score (nSPS) is 14.7. The van der Waals surface area contributed by atoms with Gasteiger partial charge in [-0.3, -0.25) is 0 Å². The summed E-state index contributed by atoms with van der Waals surface area (Å²) in [5, 5.41) is 0.753. The van der Waals surface area contributed by atoms with Crippen LogP contribution in [-0.4, -0.2) is 27.4 Å². The SMILES string of the molecule is COc1ccc(-c2cc(=O)oc3c(OC)cc(C4OCCO4)cc23)cc1. The van der Waals surface area contributed by atoms with Crippen molar-refractivity contribution in [2.75, 3.05) is 27.4 Å². The third-order valence-electron chi connectivity index (χ3n) is 4.35. The van der Waals surface area contributed by atoms with E-state index in [1.165, 1.54) is 13.2 Å². The lowest BCUT2D eigenvalue weighted by Crippen LogP contribution is -2.03. The maximum absolute atomic E-state index is 12.1. The molecule has 1 aliphatic heterocycles. The number of methoxy groups -OCH3 is 2. The molecular weight excluding hydrogens is 336 g/mol. The van der Waals surface area contributed by atoms with Crippen molar-refractivity contribution in [3.8, 4) is 22.6 Å². The van der Waals surface area contributed by atoms with Gasteiger partial charge in [0.05, 0.1) is 27.4 Å². The van der Waals surface area contributed by atoms with Gasteiger partial charge in [-0.25, -0.2) is 4.79 Å². The van der Waals surface area contributed by atoms with E-state index in [0.29, 0.717) is 24.5 Å². The highest BCUT2D eigenvalue weighted by atomic mass is 16.7. The van der Waals surface area contributed by atoms with Gasteiger partial charge in [0.25, 0.3) is 0 Å². The summed E-state index contributed by atoms with van der Waals surface area (Å²) in [4.78, 5) is 12.1. The van der Waals surface area contributed by atoms with Gasteiger partial charge >= 0.3 is 5.63 Å². The molecule has 2 heterocycles. The molecule has 2 aromatic carbocycles. The molecule has 0 atom stereocenters. The summed E-state index contributed by atoms with van der Waals surface area (Å²) in [6.45, 7) is 1.08. The van der Waals surface area contributed by atoms with E-state index < -0.39 is 11.9 Å². The highest BCUT2D eigenvalue weighted by Crippen LogP contribution is 2.37. The van der Waals surface area contributed by atoms with E-state index in [1.54, 1.807) is 13.2 Å². The van der Waals surface area contributed by atoms with Crippen LogP contribution in [0.1, 0.15) is 11.9 Å². The lowest BCUT2D eigenvalue weighted by atomic mass is 9.99. The smallest absolute Gasteiger partial charge is 0.336 e. The maximum Gasteiger partial charge on any atom is 0.336 e. The molecule has 4 rings (SSSR count). The molecule has 1 fully saturated rings. The molecule has 1 aliphatic rings. The number of ether oxygens (including phenoxy) is 4. The van der Waals surface area contributed by atoms with Gasteiger partial charge in [-0.05, 0) is 35.4 Å². The first-order chi connectivity index (χ1) is 12.7. The van der Waals surface area contributed by atoms with E-state index in [1.807, 2.05) is 30.3 Å². The lowest BCUT2D eigenvalue weighted by Gasteiger charge is -2.14. The summed E-state index contributed by atoms with van der Waals surface area (Å²) in [7, 11) is 3.15. The van der Waals surface area contributed by atoms with Gasteiger partial charge in [-0.1, -0.05) is 12.1 Å². The van der Waals surface area contributed by atoms with Gasteiger partial charge < -0.3 is 23.4 Å². The van der Waals surface area contributed by atoms with Crippen LogP contribution in [0.15, 0.2) is 51.7 Å². The number of fused-ring (bicyclic) bond motifs is 1. The van der Waals surface area contributed by atoms with Crippen molar-refractivity contribution < 1.29 is 23.4 Å². The molecule has 0 spiro atoms. The third kappa shape index (κ3) is 2.94. The zero-order chi connectivity index (χ0) is 18.1. The molecule has 0 amide bonds. The van der Waals surface area contributed by atoms with E-state index >= 15 is 0 Å². The van der Waals surface area contributed by atoms with E-state index in [0.717, 1.165) is 27.8 Å². The Kier molecular flexibility index (Phi) is 4.36. The Morgan fingerprint density at radius 1 is 0.962 bits per heavy atom. The van der Waals surface area contributed by atoms with E-state index in [-0.39, 0.29) is 0 Å². The molecule has 1 aromatic heterocycles. The fourth-order valence-corrected chi connectivity index (χ4v) is 3.10. The summed E-state index contributed by atoms with van der Waals surface area (Å²) < 4.78 is 27.3. The highest BCUT2D eigenvalue weighted by Gasteiger charge is 2.22. The van der Waals surface area contributed by atoms with Gasteiger partial charge in [-0.2, -0.15) is 0 Å². The van der Waals surface area contributed by atoms with Crippen LogP contribution in [0.2, 0.25) is 0 Å². The molecule has 0 aliphatic carbocycles. The molecule has 6 nitrogen and oxygen atoms in total. The van der Waals surface area contributed by atoms with Gasteiger partial charge in [0, 0.05) is 17.0 Å². The quantitative estimate of drug-likeness (QED) is 0.668. The predicted molar refractivity (Wildman–Crippen MR) is 95.7 cm³/mol. The Balaban J connectivity index is 1.95. The fourth-order valence-electron chi connectivity index (χ4n) is 3.10. The monoisotopic (exact) mass is 354 g/mol. The van der Waals surface area contributed by atoms with Gasteiger partial charge in [0.2, 0.25) is 0 Å². The van der Waals surface area contributed by atoms with Crippen LogP contribution in [0.5, 0.6) is 11.5 Å². The van der Waals surface area contributed by atoms with E-state index in [9.17, 15) is 4.79 Å². The second kappa shape index (κ2) is 6.82. The first-order valence-corrected chi connectivity index (χ1v) is 8.23. The van der Waals surface area contributed by atoms with Crippen molar-refractivity contribution >= 4 is 11.0 Å². The number of hydrogen-bond acceptors (Lipinski definition) is 6. The van der Waals surface area contributed by atoms with Crippen LogP contribution >= 0.6 is 0 Å². The van der Waals surface area contributed by atoms with Crippen LogP contribution in [0.25, 0.3) is 22.1 Å². The van der Waals surface area contributed by atoms with E-state index in [4.69, 9.17) is 23.4 Å². The Morgan fingerprint density at radius 2 is 1.69 bits per heavy atom. The van der Waals surface area contributed by atoms with Crippen LogP contribution in [0.3, 0.4) is 0 Å². The zero-order valence-electron chi connectivity index (χ0n) is 14.5. The lowest BCUT2D eigenvalue weighted by molar-refractivity contribution is -0.0441. The highest BCUT2D eigenvalue weighted by molar-refractivity contribution is 5.96. The minimum Gasteiger partial charge on any atom is -0.497 e. The second-order valence-electron chi connectivity index (χ2n) is 5.88. The predicted octanol–water partition coefficient (Wildman–Crippen LogP) is 3.52. The standard InChI is InChI=1S/C20H18O6/c1-22-14-5-3-12(4-6-14)15-11-18(21)26-19-16(15)9-13(10-17(19)23-2)20-24-7-8-25-20/h3-6,9-11,20H,7-8H2,1-2H3. The zero-order valence-corrected chi connectivity index (χ0v) is 14.5.